The molecule has 8 aromatic heterocycles. The van der Waals surface area contributed by atoms with E-state index >= 15 is 0 Å². The van der Waals surface area contributed by atoms with Crippen molar-refractivity contribution in [2.75, 3.05) is 47.8 Å². The highest BCUT2D eigenvalue weighted by Crippen LogP contribution is 2.34. The molecule has 4 N–H and O–H groups in total. The van der Waals surface area contributed by atoms with Crippen LogP contribution in [0.1, 0.15) is 118 Å². The lowest BCUT2D eigenvalue weighted by Crippen LogP contribution is -2.25. The lowest BCUT2D eigenvalue weighted by atomic mass is 10.0. The van der Waals surface area contributed by atoms with Crippen molar-refractivity contribution in [3.63, 3.8) is 0 Å². The molecule has 0 aliphatic rings. The fourth-order valence-corrected chi connectivity index (χ4v) is 11.3. The number of nitrogens with zero attached hydrogens (tertiary/aromatic N) is 12. The number of ketones is 4. The molecular weight excluding hydrogens is 1420 g/mol. The third-order valence-corrected chi connectivity index (χ3v) is 17.8. The van der Waals surface area contributed by atoms with Gasteiger partial charge in [-0.05, 0) is 127 Å². The maximum atomic E-state index is 14.5. The summed E-state index contributed by atoms with van der Waals surface area (Å²) in [6.07, 6.45) is 14.8. The number of benzene rings is 4. The van der Waals surface area contributed by atoms with Crippen molar-refractivity contribution in [3.8, 4) is 44.8 Å². The van der Waals surface area contributed by atoms with Crippen molar-refractivity contribution < 1.29 is 47.1 Å². The van der Waals surface area contributed by atoms with E-state index in [9.17, 15) is 47.1 Å². The molecule has 0 spiro atoms. The number of aromatic nitrogens is 12. The monoisotopic (exact) mass is 1500 g/mol. The van der Waals surface area contributed by atoms with Gasteiger partial charge in [-0.2, -0.15) is 20.4 Å². The number of nitrogens with one attached hydrogen (secondary N) is 4. The number of Topliss-reactive ketones (excluding diaryl/α,β-unsaturated/α-hetero) is 4. The summed E-state index contributed by atoms with van der Waals surface area (Å²) < 4.78 is 29.0. The van der Waals surface area contributed by atoms with Gasteiger partial charge in [0.25, 0.3) is 0 Å². The van der Waals surface area contributed by atoms with Gasteiger partial charge in [0.15, 0.2) is 23.1 Å². The largest absolute Gasteiger partial charge is 0.315 e. The average Bonchev–Trinajstić information content (AvgIpc) is 0.944. The predicted octanol–water partition coefficient (Wildman–Crippen LogP) is 14.7. The number of hydrogen-bond acceptors (Lipinski definition) is 16. The maximum absolute atomic E-state index is 14.5. The summed E-state index contributed by atoms with van der Waals surface area (Å²) in [5.74, 6) is -1.49. The van der Waals surface area contributed by atoms with Gasteiger partial charge in [-0.1, -0.05) is 69.1 Å². The lowest BCUT2D eigenvalue weighted by molar-refractivity contribution is -0.118. The Kier molecular flexibility index (Phi) is 27.8. The van der Waals surface area contributed by atoms with E-state index in [0.717, 1.165) is 45.1 Å². The van der Waals surface area contributed by atoms with E-state index in [-0.39, 0.29) is 72.4 Å². The Labute approximate surface area is 631 Å². The standard InChI is InChI=1S/2C20H19ClN4O2.2C20H19FN4O2/c1-3-20(27)25(2)15-5-6-16(17(21)11-15)18-7-4-13(12-22-18)19(26)10-14-8-9-23-24-14;1-3-20(27)25(2)15-5-6-16(17(21)11-15)13-4-7-18(22-12-13)19(26)10-14-8-9-23-24-14;1-3-20(27)25(2)15-5-6-16(17(21)11-15)18-7-4-13(12-22-18)19(26)10-14-8-9-23-24-14;1-3-20(27)25(2)15-5-6-16(17(21)11-15)13-4-7-18(22-12-13)19(26)10-14-8-9-23-24-14/h4*4-9,11-12H,3,10H2,1-2H3,(H,23,24). The van der Waals surface area contributed by atoms with Crippen molar-refractivity contribution >= 4 is 92.7 Å². The second-order valence-electron chi connectivity index (χ2n) is 24.3. The summed E-state index contributed by atoms with van der Waals surface area (Å²) in [5.41, 5.74) is 11.6. The Morgan fingerprint density at radius 2 is 0.657 bits per heavy atom. The Morgan fingerprint density at radius 3 is 0.954 bits per heavy atom. The second kappa shape index (κ2) is 37.8. The van der Waals surface area contributed by atoms with E-state index in [0.29, 0.717) is 103 Å². The van der Waals surface area contributed by atoms with Gasteiger partial charge in [0.1, 0.15) is 23.0 Å². The predicted molar refractivity (Wildman–Crippen MR) is 410 cm³/mol. The van der Waals surface area contributed by atoms with Crippen molar-refractivity contribution in [2.24, 2.45) is 0 Å². The van der Waals surface area contributed by atoms with Crippen LogP contribution in [0, 0.1) is 11.6 Å². The molecule has 4 aromatic carbocycles. The molecule has 0 aliphatic carbocycles. The van der Waals surface area contributed by atoms with Crippen molar-refractivity contribution in [1.82, 2.24) is 60.7 Å². The molecule has 108 heavy (non-hydrogen) atoms. The van der Waals surface area contributed by atoms with Crippen LogP contribution in [0.4, 0.5) is 31.5 Å². The Hall–Kier alpha value is -12.7. The zero-order valence-corrected chi connectivity index (χ0v) is 61.8. The Morgan fingerprint density at radius 1 is 0.343 bits per heavy atom. The highest BCUT2D eigenvalue weighted by molar-refractivity contribution is 6.34. The molecule has 0 atom stereocenters. The van der Waals surface area contributed by atoms with Crippen molar-refractivity contribution in [3.05, 3.63) is 262 Å². The first-order valence-corrected chi connectivity index (χ1v) is 34.9. The van der Waals surface area contributed by atoms with Crippen LogP contribution < -0.4 is 19.6 Å². The molecule has 0 aliphatic heterocycles. The number of halogens is 4. The van der Waals surface area contributed by atoms with Crippen LogP contribution in [0.25, 0.3) is 44.8 Å². The fourth-order valence-electron chi connectivity index (χ4n) is 10.7. The van der Waals surface area contributed by atoms with Gasteiger partial charge in [0.05, 0.1) is 47.1 Å². The number of hydrogen-bond donors (Lipinski definition) is 4. The third kappa shape index (κ3) is 20.8. The molecular formula is C80H76Cl2F2N16O8. The van der Waals surface area contributed by atoms with Gasteiger partial charge in [-0.15, -0.1) is 0 Å². The molecule has 12 aromatic rings. The van der Waals surface area contributed by atoms with Crippen LogP contribution in [0.15, 0.2) is 195 Å². The number of amides is 4. The molecule has 0 bridgehead atoms. The SMILES string of the molecule is CCC(=O)N(C)c1ccc(-c2ccc(C(=O)Cc3ccn[nH]3)cn2)c(Cl)c1.CCC(=O)N(C)c1ccc(-c2ccc(C(=O)Cc3ccn[nH]3)cn2)c(F)c1.CCC(=O)N(C)c1ccc(-c2ccc(C(=O)Cc3ccn[nH]3)nc2)c(Cl)c1.CCC(=O)N(C)c1ccc(-c2ccc(C(=O)Cc3ccn[nH]3)nc2)c(F)c1. The molecule has 4 amide bonds. The topological polar surface area (TPSA) is 316 Å². The molecule has 0 saturated heterocycles. The van der Waals surface area contributed by atoms with Crippen molar-refractivity contribution in [1.29, 1.82) is 0 Å². The molecule has 0 saturated carbocycles. The first kappa shape index (κ1) is 79.4. The van der Waals surface area contributed by atoms with Crippen molar-refractivity contribution in [2.45, 2.75) is 79.1 Å². The quantitative estimate of drug-likeness (QED) is 0.0409. The van der Waals surface area contributed by atoms with Crippen LogP contribution in [0.3, 0.4) is 0 Å². The Balaban J connectivity index is 0.000000166. The molecule has 8 heterocycles. The van der Waals surface area contributed by atoms with E-state index in [1.807, 2.05) is 44.2 Å². The number of H-pyrrole nitrogens is 4. The van der Waals surface area contributed by atoms with Gasteiger partial charge in [-0.25, -0.2) is 8.78 Å². The summed E-state index contributed by atoms with van der Waals surface area (Å²) in [6.45, 7) is 7.14. The van der Waals surface area contributed by atoms with Gasteiger partial charge in [-0.3, -0.25) is 78.7 Å². The van der Waals surface area contributed by atoms with E-state index in [1.54, 1.807) is 192 Å². The van der Waals surface area contributed by atoms with Crippen LogP contribution in [-0.2, 0) is 44.9 Å². The molecule has 552 valence electrons. The third-order valence-electron chi connectivity index (χ3n) is 17.1. The molecule has 0 radical (unpaired) electrons. The maximum Gasteiger partial charge on any atom is 0.226 e. The summed E-state index contributed by atoms with van der Waals surface area (Å²) in [4.78, 5) is 119. The fraction of sp³-hybridized carbons (Fsp3) is 0.200. The zero-order chi connectivity index (χ0) is 77.6. The minimum absolute atomic E-state index is 0.0112. The first-order chi connectivity index (χ1) is 52.0. The second-order valence-corrected chi connectivity index (χ2v) is 25.2. The molecule has 24 nitrogen and oxygen atoms in total. The molecule has 12 rings (SSSR count). The number of carbonyl (C=O) groups excluding carboxylic acids is 8. The zero-order valence-electron chi connectivity index (χ0n) is 60.3. The summed E-state index contributed by atoms with van der Waals surface area (Å²) in [7, 11) is 6.66. The lowest BCUT2D eigenvalue weighted by Gasteiger charge is -2.17. The van der Waals surface area contributed by atoms with Gasteiger partial charge in [0.2, 0.25) is 23.6 Å². The molecule has 0 fully saturated rings. The number of pyridine rings is 4. The van der Waals surface area contributed by atoms with Gasteiger partial charge >= 0.3 is 0 Å². The van der Waals surface area contributed by atoms with E-state index in [1.165, 1.54) is 34.3 Å². The highest BCUT2D eigenvalue weighted by atomic mass is 35.5. The Bertz CT molecular complexity index is 4450. The molecule has 0 unspecified atom stereocenters. The number of carbonyl (C=O) groups is 8. The highest BCUT2D eigenvalue weighted by Gasteiger charge is 2.20. The first-order valence-electron chi connectivity index (χ1n) is 34.1. The van der Waals surface area contributed by atoms with Crippen LogP contribution in [-0.4, -0.2) is 136 Å². The van der Waals surface area contributed by atoms with Crippen LogP contribution in [0.2, 0.25) is 10.0 Å². The normalized spacial score (nSPS) is 10.6. The smallest absolute Gasteiger partial charge is 0.226 e. The van der Waals surface area contributed by atoms with E-state index in [4.69, 9.17) is 23.2 Å². The number of rotatable bonds is 24. The van der Waals surface area contributed by atoms with Gasteiger partial charge < -0.3 is 19.6 Å². The number of anilines is 4. The van der Waals surface area contributed by atoms with E-state index in [2.05, 4.69) is 60.7 Å². The average molecular weight is 1500 g/mol. The minimum Gasteiger partial charge on any atom is -0.315 e. The van der Waals surface area contributed by atoms with Crippen LogP contribution >= 0.6 is 23.2 Å². The van der Waals surface area contributed by atoms with Crippen LogP contribution in [0.5, 0.6) is 0 Å². The van der Waals surface area contributed by atoms with Gasteiger partial charge in [0, 0.05) is 193 Å². The summed E-state index contributed by atoms with van der Waals surface area (Å²) in [6, 6.07) is 40.5. The number of aromatic amines is 4. The molecule has 28 heteroatoms. The van der Waals surface area contributed by atoms with E-state index < -0.39 is 11.6 Å². The summed E-state index contributed by atoms with van der Waals surface area (Å²) >= 11 is 12.8. The minimum atomic E-state index is -0.479. The summed E-state index contributed by atoms with van der Waals surface area (Å²) in [5, 5.41) is 27.3.